The van der Waals surface area contributed by atoms with E-state index in [0.29, 0.717) is 6.04 Å². The number of ether oxygens (including phenoxy) is 1. The molecule has 0 N–H and O–H groups in total. The third kappa shape index (κ3) is 4.22. The molecular formula is C18H29N5OS. The van der Waals surface area contributed by atoms with E-state index in [0.717, 1.165) is 49.9 Å². The average Bonchev–Trinajstić information content (AvgIpc) is 3.22. The summed E-state index contributed by atoms with van der Waals surface area (Å²) in [5.41, 5.74) is 1.05. The summed E-state index contributed by atoms with van der Waals surface area (Å²) < 4.78 is 6.62. The first kappa shape index (κ1) is 18.4. The Bertz CT molecular complexity index is 689. The highest BCUT2D eigenvalue weighted by atomic mass is 32.1. The Labute approximate surface area is 154 Å². The van der Waals surface area contributed by atoms with E-state index in [1.165, 1.54) is 17.5 Å². The molecule has 0 amide bonds. The number of methoxy groups -OCH3 is 1. The first-order chi connectivity index (χ1) is 12.1. The van der Waals surface area contributed by atoms with Crippen molar-refractivity contribution in [3.05, 3.63) is 11.4 Å². The zero-order valence-corrected chi connectivity index (χ0v) is 16.6. The molecule has 2 aromatic heterocycles. The van der Waals surface area contributed by atoms with Crippen molar-refractivity contribution in [2.24, 2.45) is 0 Å². The van der Waals surface area contributed by atoms with Crippen LogP contribution >= 0.6 is 11.3 Å². The quantitative estimate of drug-likeness (QED) is 0.718. The number of fused-ring (bicyclic) bond motifs is 1. The highest BCUT2D eigenvalue weighted by molar-refractivity contribution is 7.17. The number of thiophene rings is 1. The van der Waals surface area contributed by atoms with Crippen molar-refractivity contribution in [1.29, 1.82) is 0 Å². The van der Waals surface area contributed by atoms with Crippen molar-refractivity contribution >= 4 is 33.3 Å². The standard InChI is InChI=1S/C18H29N5OS/c1-21(2)9-6-10-22(3)18-19-15-8-12-25-16(15)17(20-18)23-11-5-7-14(23)13-24-4/h8,12,14H,5-7,9-11,13H2,1-4H3/t14-/m0/s1. The van der Waals surface area contributed by atoms with Crippen LogP contribution in [0.2, 0.25) is 0 Å². The molecular weight excluding hydrogens is 334 g/mol. The van der Waals surface area contributed by atoms with Crippen LogP contribution in [0.5, 0.6) is 0 Å². The summed E-state index contributed by atoms with van der Waals surface area (Å²) in [5, 5.41) is 2.11. The van der Waals surface area contributed by atoms with E-state index in [4.69, 9.17) is 14.7 Å². The second kappa shape index (κ2) is 8.29. The van der Waals surface area contributed by atoms with Crippen LogP contribution in [-0.4, -0.2) is 75.4 Å². The fourth-order valence-electron chi connectivity index (χ4n) is 3.41. The maximum absolute atomic E-state index is 5.43. The Hall–Kier alpha value is -1.44. The monoisotopic (exact) mass is 363 g/mol. The van der Waals surface area contributed by atoms with Gasteiger partial charge in [0, 0.05) is 27.2 Å². The first-order valence-electron chi connectivity index (χ1n) is 8.97. The van der Waals surface area contributed by atoms with Gasteiger partial charge in [-0.1, -0.05) is 0 Å². The van der Waals surface area contributed by atoms with Crippen LogP contribution in [-0.2, 0) is 4.74 Å². The van der Waals surface area contributed by atoms with Crippen molar-refractivity contribution in [2.75, 3.05) is 64.3 Å². The highest BCUT2D eigenvalue weighted by Crippen LogP contribution is 2.34. The van der Waals surface area contributed by atoms with E-state index in [1.807, 2.05) is 0 Å². The minimum absolute atomic E-state index is 0.414. The zero-order valence-electron chi connectivity index (χ0n) is 15.7. The van der Waals surface area contributed by atoms with Crippen LogP contribution < -0.4 is 9.80 Å². The van der Waals surface area contributed by atoms with E-state index < -0.39 is 0 Å². The lowest BCUT2D eigenvalue weighted by molar-refractivity contribution is 0.180. The maximum Gasteiger partial charge on any atom is 0.227 e. The lowest BCUT2D eigenvalue weighted by Crippen LogP contribution is -2.34. The van der Waals surface area contributed by atoms with Crippen LogP contribution in [0.3, 0.4) is 0 Å². The molecule has 1 atom stereocenters. The summed E-state index contributed by atoms with van der Waals surface area (Å²) >= 11 is 1.73. The molecule has 138 valence electrons. The summed E-state index contributed by atoms with van der Waals surface area (Å²) in [5.74, 6) is 1.90. The van der Waals surface area contributed by atoms with Crippen molar-refractivity contribution in [3.63, 3.8) is 0 Å². The van der Waals surface area contributed by atoms with Gasteiger partial charge in [-0.05, 0) is 51.3 Å². The van der Waals surface area contributed by atoms with Gasteiger partial charge in [-0.15, -0.1) is 11.3 Å². The number of hydrogen-bond donors (Lipinski definition) is 0. The molecule has 7 heteroatoms. The van der Waals surface area contributed by atoms with Gasteiger partial charge >= 0.3 is 0 Å². The van der Waals surface area contributed by atoms with Gasteiger partial charge in [-0.2, -0.15) is 4.98 Å². The molecule has 0 saturated carbocycles. The van der Waals surface area contributed by atoms with Crippen molar-refractivity contribution in [3.8, 4) is 0 Å². The van der Waals surface area contributed by atoms with Crippen LogP contribution in [0.15, 0.2) is 11.4 Å². The second-order valence-corrected chi connectivity index (χ2v) is 7.92. The maximum atomic E-state index is 5.43. The first-order valence-corrected chi connectivity index (χ1v) is 9.85. The normalized spacial score (nSPS) is 17.8. The Morgan fingerprint density at radius 3 is 2.88 bits per heavy atom. The number of anilines is 2. The molecule has 6 nitrogen and oxygen atoms in total. The number of hydrogen-bond acceptors (Lipinski definition) is 7. The zero-order chi connectivity index (χ0) is 17.8. The Kier molecular flexibility index (Phi) is 6.09. The molecule has 3 rings (SSSR count). The fourth-order valence-corrected chi connectivity index (χ4v) is 4.24. The van der Waals surface area contributed by atoms with E-state index in [-0.39, 0.29) is 0 Å². The molecule has 0 aromatic carbocycles. The Morgan fingerprint density at radius 2 is 2.12 bits per heavy atom. The molecule has 0 radical (unpaired) electrons. The van der Waals surface area contributed by atoms with E-state index >= 15 is 0 Å². The molecule has 1 fully saturated rings. The van der Waals surface area contributed by atoms with Gasteiger partial charge in [-0.3, -0.25) is 0 Å². The van der Waals surface area contributed by atoms with E-state index in [1.54, 1.807) is 18.4 Å². The molecule has 1 aliphatic heterocycles. The van der Waals surface area contributed by atoms with Crippen molar-refractivity contribution in [1.82, 2.24) is 14.9 Å². The minimum atomic E-state index is 0.414. The summed E-state index contributed by atoms with van der Waals surface area (Å²) in [6.07, 6.45) is 3.46. The topological polar surface area (TPSA) is 44.7 Å². The number of aromatic nitrogens is 2. The summed E-state index contributed by atoms with van der Waals surface area (Å²) in [7, 11) is 8.08. The van der Waals surface area contributed by atoms with Crippen LogP contribution in [0, 0.1) is 0 Å². The van der Waals surface area contributed by atoms with Gasteiger partial charge in [0.15, 0.2) is 5.82 Å². The predicted molar refractivity (Wildman–Crippen MR) is 106 cm³/mol. The molecule has 1 saturated heterocycles. The third-order valence-corrected chi connectivity index (χ3v) is 5.62. The lowest BCUT2D eigenvalue weighted by Gasteiger charge is -2.27. The lowest BCUT2D eigenvalue weighted by atomic mass is 10.2. The summed E-state index contributed by atoms with van der Waals surface area (Å²) in [6.45, 7) is 3.82. The predicted octanol–water partition coefficient (Wildman–Crippen LogP) is 2.69. The Balaban J connectivity index is 1.86. The average molecular weight is 364 g/mol. The SMILES string of the molecule is COC[C@@H]1CCCN1c1nc(N(C)CCCN(C)C)nc2ccsc12. The van der Waals surface area contributed by atoms with Gasteiger partial charge in [0.05, 0.1) is 22.9 Å². The van der Waals surface area contributed by atoms with Crippen LogP contribution in [0.25, 0.3) is 10.2 Å². The molecule has 0 spiro atoms. The minimum Gasteiger partial charge on any atom is -0.383 e. The van der Waals surface area contributed by atoms with Crippen LogP contribution in [0.4, 0.5) is 11.8 Å². The smallest absolute Gasteiger partial charge is 0.227 e. The van der Waals surface area contributed by atoms with Gasteiger partial charge in [0.2, 0.25) is 5.95 Å². The van der Waals surface area contributed by atoms with Gasteiger partial charge in [-0.25, -0.2) is 4.98 Å². The highest BCUT2D eigenvalue weighted by Gasteiger charge is 2.28. The molecule has 0 unspecified atom stereocenters. The van der Waals surface area contributed by atoms with Crippen molar-refractivity contribution in [2.45, 2.75) is 25.3 Å². The fraction of sp³-hybridized carbons (Fsp3) is 0.667. The number of nitrogens with zero attached hydrogens (tertiary/aromatic N) is 5. The molecule has 25 heavy (non-hydrogen) atoms. The summed E-state index contributed by atoms with van der Waals surface area (Å²) in [4.78, 5) is 16.6. The second-order valence-electron chi connectivity index (χ2n) is 7.01. The van der Waals surface area contributed by atoms with Gasteiger partial charge in [0.1, 0.15) is 0 Å². The van der Waals surface area contributed by atoms with E-state index in [2.05, 4.69) is 47.3 Å². The molecule has 3 heterocycles. The third-order valence-electron chi connectivity index (χ3n) is 4.72. The number of rotatable bonds is 8. The van der Waals surface area contributed by atoms with Gasteiger partial charge in [0.25, 0.3) is 0 Å². The van der Waals surface area contributed by atoms with Crippen molar-refractivity contribution < 1.29 is 4.74 Å². The molecule has 0 bridgehead atoms. The molecule has 0 aliphatic carbocycles. The van der Waals surface area contributed by atoms with Gasteiger partial charge < -0.3 is 19.4 Å². The molecule has 1 aliphatic rings. The molecule has 2 aromatic rings. The summed E-state index contributed by atoms with van der Waals surface area (Å²) in [6, 6.07) is 2.51. The van der Waals surface area contributed by atoms with E-state index in [9.17, 15) is 0 Å². The van der Waals surface area contributed by atoms with Crippen LogP contribution in [0.1, 0.15) is 19.3 Å². The largest absolute Gasteiger partial charge is 0.383 e. The Morgan fingerprint density at radius 1 is 1.28 bits per heavy atom.